The van der Waals surface area contributed by atoms with Crippen molar-refractivity contribution in [2.45, 2.75) is 65.4 Å². The van der Waals surface area contributed by atoms with Crippen molar-refractivity contribution in [1.82, 2.24) is 0 Å². The molecule has 0 spiro atoms. The van der Waals surface area contributed by atoms with Crippen LogP contribution in [0.25, 0.3) is 11.1 Å². The fourth-order valence-corrected chi connectivity index (χ4v) is 4.93. The summed E-state index contributed by atoms with van der Waals surface area (Å²) in [4.78, 5) is 12.0. The second-order valence-corrected chi connectivity index (χ2v) is 11.4. The highest BCUT2D eigenvalue weighted by Gasteiger charge is 2.34. The van der Waals surface area contributed by atoms with Crippen LogP contribution in [0.1, 0.15) is 75.5 Å². The molecule has 202 valence electrons. The number of benzene rings is 3. The van der Waals surface area contributed by atoms with Gasteiger partial charge < -0.3 is 14.2 Å². The summed E-state index contributed by atoms with van der Waals surface area (Å²) in [5.74, 6) is 1.79. The summed E-state index contributed by atoms with van der Waals surface area (Å²) in [5, 5.41) is 0. The Balaban J connectivity index is 1.60. The summed E-state index contributed by atoms with van der Waals surface area (Å²) >= 11 is 0. The molecule has 0 N–H and O–H groups in total. The van der Waals surface area contributed by atoms with Crippen LogP contribution >= 0.6 is 0 Å². The molecule has 0 aromatic heterocycles. The van der Waals surface area contributed by atoms with Crippen molar-refractivity contribution in [2.75, 3.05) is 14.2 Å². The third-order valence-electron chi connectivity index (χ3n) is 7.84. The van der Waals surface area contributed by atoms with Crippen LogP contribution in [0.15, 0.2) is 60.7 Å². The number of hydrogen-bond acceptors (Lipinski definition) is 4. The number of halogens is 1. The summed E-state index contributed by atoms with van der Waals surface area (Å²) in [6, 6.07) is 19.0. The van der Waals surface area contributed by atoms with Crippen molar-refractivity contribution >= 4 is 5.97 Å². The number of carbonyl (C=O) groups is 1. The van der Waals surface area contributed by atoms with Gasteiger partial charge in [-0.3, -0.25) is 4.79 Å². The molecule has 2 atom stereocenters. The molecule has 3 aromatic carbocycles. The predicted octanol–water partition coefficient (Wildman–Crippen LogP) is 8.29. The lowest BCUT2D eigenvalue weighted by Gasteiger charge is -2.30. The molecule has 0 heterocycles. The van der Waals surface area contributed by atoms with E-state index >= 15 is 0 Å². The summed E-state index contributed by atoms with van der Waals surface area (Å²) < 4.78 is 31.5. The van der Waals surface area contributed by atoms with Crippen molar-refractivity contribution in [2.24, 2.45) is 11.3 Å². The minimum atomic E-state index is -0.272. The van der Waals surface area contributed by atoms with E-state index in [0.29, 0.717) is 30.3 Å². The van der Waals surface area contributed by atoms with E-state index in [1.165, 1.54) is 13.2 Å². The number of methoxy groups -OCH3 is 2. The maximum atomic E-state index is 15.0. The molecule has 1 saturated carbocycles. The monoisotopic (exact) mass is 518 g/mol. The fourth-order valence-electron chi connectivity index (χ4n) is 4.93. The van der Waals surface area contributed by atoms with E-state index in [0.717, 1.165) is 40.8 Å². The maximum absolute atomic E-state index is 15.0. The molecule has 38 heavy (non-hydrogen) atoms. The van der Waals surface area contributed by atoms with Gasteiger partial charge in [0.2, 0.25) is 0 Å². The van der Waals surface area contributed by atoms with Crippen LogP contribution in [-0.4, -0.2) is 20.2 Å². The van der Waals surface area contributed by atoms with Gasteiger partial charge >= 0.3 is 5.97 Å². The molecule has 0 amide bonds. The van der Waals surface area contributed by atoms with Gasteiger partial charge in [0.05, 0.1) is 20.6 Å². The van der Waals surface area contributed by atoms with Crippen LogP contribution in [0.5, 0.6) is 11.5 Å². The first-order valence-electron chi connectivity index (χ1n) is 13.4. The zero-order valence-electron chi connectivity index (χ0n) is 23.3. The van der Waals surface area contributed by atoms with Crippen LogP contribution in [0.2, 0.25) is 0 Å². The number of rotatable bonds is 10. The molecule has 0 bridgehead atoms. The molecule has 4 rings (SSSR count). The lowest BCUT2D eigenvalue weighted by atomic mass is 9.75. The van der Waals surface area contributed by atoms with Crippen LogP contribution in [0, 0.1) is 17.2 Å². The second-order valence-electron chi connectivity index (χ2n) is 11.4. The highest BCUT2D eigenvalue weighted by Crippen LogP contribution is 2.45. The third-order valence-corrected chi connectivity index (χ3v) is 7.84. The van der Waals surface area contributed by atoms with E-state index < -0.39 is 0 Å². The maximum Gasteiger partial charge on any atom is 0.306 e. The van der Waals surface area contributed by atoms with Crippen molar-refractivity contribution in [3.8, 4) is 22.6 Å². The summed E-state index contributed by atoms with van der Waals surface area (Å²) in [6.45, 7) is 9.16. The molecular formula is C33H39FO4. The standard InChI is InChI=1S/C33H39FO4/c1-21(33(2,3)4)28-16-22(10-14-27(28)30-18-25(36-5)13-15-31(30)34)20-38-26-9-7-8-24(17-26)29(23-11-12-23)19-32(35)37-6/h7-10,13-18,21,23,29H,11-12,19-20H2,1-6H3/t21?,29-/m0/s1. The summed E-state index contributed by atoms with van der Waals surface area (Å²) in [5.41, 5.74) is 4.58. The minimum absolute atomic E-state index is 0.0185. The van der Waals surface area contributed by atoms with Crippen molar-refractivity contribution in [1.29, 1.82) is 0 Å². The van der Waals surface area contributed by atoms with E-state index in [9.17, 15) is 9.18 Å². The van der Waals surface area contributed by atoms with Crippen molar-refractivity contribution in [3.63, 3.8) is 0 Å². The Kier molecular flexibility index (Phi) is 8.44. The Bertz CT molecular complexity index is 1270. The minimum Gasteiger partial charge on any atom is -0.497 e. The Morgan fingerprint density at radius 3 is 2.39 bits per heavy atom. The molecule has 0 saturated heterocycles. The fraction of sp³-hybridized carbons (Fsp3) is 0.424. The zero-order valence-corrected chi connectivity index (χ0v) is 23.3. The predicted molar refractivity (Wildman–Crippen MR) is 149 cm³/mol. The Morgan fingerprint density at radius 2 is 1.74 bits per heavy atom. The molecule has 1 aliphatic carbocycles. The first-order valence-corrected chi connectivity index (χ1v) is 13.4. The van der Waals surface area contributed by atoms with Crippen LogP contribution < -0.4 is 9.47 Å². The Hall–Kier alpha value is -3.34. The van der Waals surface area contributed by atoms with Crippen molar-refractivity contribution in [3.05, 3.63) is 83.2 Å². The topological polar surface area (TPSA) is 44.8 Å². The van der Waals surface area contributed by atoms with Gasteiger partial charge in [0.15, 0.2) is 0 Å². The van der Waals surface area contributed by atoms with Crippen LogP contribution in [0.3, 0.4) is 0 Å². The zero-order chi connectivity index (χ0) is 27.4. The highest BCUT2D eigenvalue weighted by molar-refractivity contribution is 5.71. The number of carbonyl (C=O) groups excluding carboxylic acids is 1. The molecule has 5 heteroatoms. The van der Waals surface area contributed by atoms with Gasteiger partial charge in [0.1, 0.15) is 23.9 Å². The Morgan fingerprint density at radius 1 is 0.974 bits per heavy atom. The van der Waals surface area contributed by atoms with Crippen molar-refractivity contribution < 1.29 is 23.4 Å². The van der Waals surface area contributed by atoms with Gasteiger partial charge in [0.25, 0.3) is 0 Å². The average molecular weight is 519 g/mol. The molecule has 4 nitrogen and oxygen atoms in total. The van der Waals surface area contributed by atoms with Gasteiger partial charge in [-0.25, -0.2) is 4.39 Å². The lowest BCUT2D eigenvalue weighted by molar-refractivity contribution is -0.141. The smallest absolute Gasteiger partial charge is 0.306 e. The van der Waals surface area contributed by atoms with E-state index in [1.54, 1.807) is 19.2 Å². The highest BCUT2D eigenvalue weighted by atomic mass is 19.1. The second kappa shape index (κ2) is 11.6. The lowest BCUT2D eigenvalue weighted by Crippen LogP contribution is -2.16. The van der Waals surface area contributed by atoms with Gasteiger partial charge in [-0.2, -0.15) is 0 Å². The van der Waals surface area contributed by atoms with Gasteiger partial charge in [0, 0.05) is 5.56 Å². The van der Waals surface area contributed by atoms with E-state index in [1.807, 2.05) is 30.3 Å². The largest absolute Gasteiger partial charge is 0.497 e. The normalized spacial score (nSPS) is 15.0. The van der Waals surface area contributed by atoms with Crippen LogP contribution in [-0.2, 0) is 16.1 Å². The SMILES string of the molecule is COC(=O)C[C@H](c1cccc(OCc2ccc(-c3cc(OC)ccc3F)c(C(C)C(C)(C)C)c2)c1)C1CC1. The molecule has 3 aromatic rings. The van der Waals surface area contributed by atoms with E-state index in [2.05, 4.69) is 39.8 Å². The molecule has 1 unspecified atom stereocenters. The molecule has 1 aliphatic rings. The summed E-state index contributed by atoms with van der Waals surface area (Å²) in [7, 11) is 3.03. The van der Waals surface area contributed by atoms with E-state index in [4.69, 9.17) is 14.2 Å². The molecule has 0 radical (unpaired) electrons. The average Bonchev–Trinajstić information content (AvgIpc) is 3.75. The van der Waals surface area contributed by atoms with Crippen LogP contribution in [0.4, 0.5) is 4.39 Å². The number of hydrogen-bond donors (Lipinski definition) is 0. The Labute approximate surface area is 226 Å². The van der Waals surface area contributed by atoms with E-state index in [-0.39, 0.29) is 29.0 Å². The first-order chi connectivity index (χ1) is 18.1. The molecule has 1 fully saturated rings. The quantitative estimate of drug-likeness (QED) is 0.253. The molecule has 0 aliphatic heterocycles. The number of esters is 1. The first kappa shape index (κ1) is 27.7. The molecular weight excluding hydrogens is 479 g/mol. The number of ether oxygens (including phenoxy) is 3. The van der Waals surface area contributed by atoms with Gasteiger partial charge in [-0.1, -0.05) is 58.0 Å². The van der Waals surface area contributed by atoms with Gasteiger partial charge in [-0.05, 0) is 88.6 Å². The summed E-state index contributed by atoms with van der Waals surface area (Å²) in [6.07, 6.45) is 2.67. The van der Waals surface area contributed by atoms with Gasteiger partial charge in [-0.15, -0.1) is 0 Å². The third kappa shape index (κ3) is 6.56.